The first-order valence-corrected chi connectivity index (χ1v) is 4.79. The molecule has 0 saturated carbocycles. The van der Waals surface area contributed by atoms with Crippen molar-refractivity contribution in [3.63, 3.8) is 0 Å². The number of hydrogen-bond donors (Lipinski definition) is 2. The average Bonchev–Trinajstić information content (AvgIpc) is 2.06. The smallest absolute Gasteiger partial charge is 0.109 e. The van der Waals surface area contributed by atoms with Crippen LogP contribution in [0.25, 0.3) is 0 Å². The van der Waals surface area contributed by atoms with Crippen molar-refractivity contribution in [3.8, 4) is 0 Å². The number of aliphatic hydroxyl groups is 2. The Morgan fingerprint density at radius 2 is 1.67 bits per heavy atom. The molecule has 2 atom stereocenters. The molecule has 0 aliphatic rings. The molecule has 0 radical (unpaired) electrons. The molecule has 0 aromatic heterocycles. The molecule has 0 aromatic carbocycles. The monoisotopic (exact) mass is 175 g/mol. The highest BCUT2D eigenvalue weighted by Gasteiger charge is 2.18. The van der Waals surface area contributed by atoms with Gasteiger partial charge in [0.05, 0.1) is 0 Å². The Balaban J connectivity index is 3.94. The molecule has 0 saturated heterocycles. The van der Waals surface area contributed by atoms with E-state index in [0.29, 0.717) is 13.0 Å². The van der Waals surface area contributed by atoms with Gasteiger partial charge in [-0.15, -0.1) is 0 Å². The van der Waals surface area contributed by atoms with Gasteiger partial charge < -0.3 is 10.2 Å². The molecule has 0 bridgehead atoms. The fourth-order valence-electron chi connectivity index (χ4n) is 1.28. The molecule has 0 amide bonds. The molecule has 74 valence electrons. The van der Waals surface area contributed by atoms with Crippen molar-refractivity contribution in [3.05, 3.63) is 0 Å². The van der Waals surface area contributed by atoms with Crippen LogP contribution in [0, 0.1) is 0 Å². The summed E-state index contributed by atoms with van der Waals surface area (Å²) in [4.78, 5) is 1.71. The van der Waals surface area contributed by atoms with Crippen LogP contribution in [0.15, 0.2) is 0 Å². The second kappa shape index (κ2) is 6.40. The van der Waals surface area contributed by atoms with E-state index in [0.717, 1.165) is 12.8 Å². The van der Waals surface area contributed by atoms with Crippen molar-refractivity contribution in [1.82, 2.24) is 4.90 Å². The molecule has 0 rings (SSSR count). The van der Waals surface area contributed by atoms with Gasteiger partial charge >= 0.3 is 0 Å². The van der Waals surface area contributed by atoms with Crippen LogP contribution in [0.3, 0.4) is 0 Å². The Morgan fingerprint density at radius 3 is 2.00 bits per heavy atom. The molecule has 12 heavy (non-hydrogen) atoms. The lowest BCUT2D eigenvalue weighted by atomic mass is 10.2. The van der Waals surface area contributed by atoms with Crippen LogP contribution in [0.5, 0.6) is 0 Å². The fourth-order valence-corrected chi connectivity index (χ4v) is 1.28. The van der Waals surface area contributed by atoms with E-state index >= 15 is 0 Å². The van der Waals surface area contributed by atoms with Gasteiger partial charge in [0.1, 0.15) is 12.5 Å². The summed E-state index contributed by atoms with van der Waals surface area (Å²) in [7, 11) is 0. The van der Waals surface area contributed by atoms with Gasteiger partial charge in [0.2, 0.25) is 0 Å². The van der Waals surface area contributed by atoms with Crippen LogP contribution in [-0.4, -0.2) is 34.1 Å². The zero-order valence-electron chi connectivity index (χ0n) is 8.32. The second-order valence-electron chi connectivity index (χ2n) is 2.99. The Hall–Kier alpha value is -0.120. The van der Waals surface area contributed by atoms with E-state index in [1.807, 2.05) is 20.8 Å². The van der Waals surface area contributed by atoms with Gasteiger partial charge in [-0.3, -0.25) is 4.90 Å². The maximum absolute atomic E-state index is 9.58. The predicted molar refractivity (Wildman–Crippen MR) is 49.6 cm³/mol. The van der Waals surface area contributed by atoms with Crippen LogP contribution >= 0.6 is 0 Å². The number of nitrogens with zero attached hydrogens (tertiary/aromatic N) is 1. The van der Waals surface area contributed by atoms with E-state index in [4.69, 9.17) is 0 Å². The van der Waals surface area contributed by atoms with Crippen molar-refractivity contribution in [2.24, 2.45) is 0 Å². The van der Waals surface area contributed by atoms with E-state index in [1.165, 1.54) is 0 Å². The second-order valence-corrected chi connectivity index (χ2v) is 2.99. The van der Waals surface area contributed by atoms with Crippen molar-refractivity contribution >= 4 is 0 Å². The minimum atomic E-state index is -0.503. The Bertz CT molecular complexity index is 109. The van der Waals surface area contributed by atoms with Gasteiger partial charge in [-0.25, -0.2) is 0 Å². The van der Waals surface area contributed by atoms with Gasteiger partial charge in [-0.1, -0.05) is 27.2 Å². The Kier molecular flexibility index (Phi) is 6.34. The van der Waals surface area contributed by atoms with Gasteiger partial charge in [-0.05, 0) is 12.8 Å². The summed E-state index contributed by atoms with van der Waals surface area (Å²) in [5.74, 6) is 0. The lowest BCUT2D eigenvalue weighted by molar-refractivity contribution is -0.102. The van der Waals surface area contributed by atoms with Crippen LogP contribution in [0.4, 0.5) is 0 Å². The van der Waals surface area contributed by atoms with Gasteiger partial charge in [0.25, 0.3) is 0 Å². The Labute approximate surface area is 75.0 Å². The SMILES string of the molecule is CCCC(O)N(CC)C(O)CC. The highest BCUT2D eigenvalue weighted by molar-refractivity contribution is 4.62. The average molecular weight is 175 g/mol. The standard InChI is InChI=1S/C9H21NO2/c1-4-7-9(12)10(6-3)8(11)5-2/h8-9,11-12H,4-7H2,1-3H3. The molecule has 0 spiro atoms. The van der Waals surface area contributed by atoms with Crippen LogP contribution in [0.2, 0.25) is 0 Å². The topological polar surface area (TPSA) is 43.7 Å². The summed E-state index contributed by atoms with van der Waals surface area (Å²) in [5, 5.41) is 19.1. The number of rotatable bonds is 6. The number of aliphatic hydroxyl groups excluding tert-OH is 2. The van der Waals surface area contributed by atoms with E-state index in [9.17, 15) is 10.2 Å². The summed E-state index contributed by atoms with van der Waals surface area (Å²) < 4.78 is 0. The predicted octanol–water partition coefficient (Wildman–Crippen LogP) is 1.16. The van der Waals surface area contributed by atoms with Gasteiger partial charge in [0, 0.05) is 6.54 Å². The van der Waals surface area contributed by atoms with Crippen molar-refractivity contribution in [2.75, 3.05) is 6.54 Å². The lowest BCUT2D eigenvalue weighted by Gasteiger charge is -2.30. The molecule has 2 unspecified atom stereocenters. The molecule has 2 N–H and O–H groups in total. The summed E-state index contributed by atoms with van der Waals surface area (Å²) in [6.45, 7) is 6.56. The van der Waals surface area contributed by atoms with Gasteiger partial charge in [-0.2, -0.15) is 0 Å². The maximum atomic E-state index is 9.58. The zero-order chi connectivity index (χ0) is 9.56. The largest absolute Gasteiger partial charge is 0.378 e. The molecule has 0 aliphatic carbocycles. The molecule has 0 fully saturated rings. The fraction of sp³-hybridized carbons (Fsp3) is 1.00. The third kappa shape index (κ3) is 3.52. The summed E-state index contributed by atoms with van der Waals surface area (Å²) in [5.41, 5.74) is 0. The molecular formula is C9H21NO2. The maximum Gasteiger partial charge on any atom is 0.109 e. The first-order valence-electron chi connectivity index (χ1n) is 4.79. The summed E-state index contributed by atoms with van der Waals surface area (Å²) in [6, 6.07) is 0. The van der Waals surface area contributed by atoms with Gasteiger partial charge in [0.15, 0.2) is 0 Å². The van der Waals surface area contributed by atoms with Crippen LogP contribution in [0.1, 0.15) is 40.0 Å². The summed E-state index contributed by atoms with van der Waals surface area (Å²) in [6.07, 6.45) is 1.33. The molecule has 0 heterocycles. The van der Waals surface area contributed by atoms with Crippen LogP contribution in [-0.2, 0) is 0 Å². The van der Waals surface area contributed by atoms with Crippen molar-refractivity contribution in [1.29, 1.82) is 0 Å². The highest BCUT2D eigenvalue weighted by atomic mass is 16.3. The normalized spacial score (nSPS) is 16.5. The highest BCUT2D eigenvalue weighted by Crippen LogP contribution is 2.08. The third-order valence-electron chi connectivity index (χ3n) is 2.04. The van der Waals surface area contributed by atoms with E-state index in [1.54, 1.807) is 4.90 Å². The zero-order valence-corrected chi connectivity index (χ0v) is 8.32. The lowest BCUT2D eigenvalue weighted by Crippen LogP contribution is -2.42. The number of hydrogen-bond acceptors (Lipinski definition) is 3. The molecule has 3 nitrogen and oxygen atoms in total. The van der Waals surface area contributed by atoms with E-state index < -0.39 is 12.5 Å². The minimum Gasteiger partial charge on any atom is -0.378 e. The third-order valence-corrected chi connectivity index (χ3v) is 2.04. The quantitative estimate of drug-likeness (QED) is 0.595. The Morgan fingerprint density at radius 1 is 1.08 bits per heavy atom. The molecule has 3 heteroatoms. The van der Waals surface area contributed by atoms with Crippen molar-refractivity contribution < 1.29 is 10.2 Å². The molecule has 0 aliphatic heterocycles. The first-order chi connectivity index (χ1) is 5.67. The molecule has 0 aromatic rings. The molecular weight excluding hydrogens is 154 g/mol. The van der Waals surface area contributed by atoms with Crippen LogP contribution < -0.4 is 0 Å². The van der Waals surface area contributed by atoms with E-state index in [2.05, 4.69) is 0 Å². The van der Waals surface area contributed by atoms with Crippen molar-refractivity contribution in [2.45, 2.75) is 52.5 Å². The summed E-state index contributed by atoms with van der Waals surface area (Å²) >= 11 is 0. The first kappa shape index (κ1) is 11.9. The minimum absolute atomic E-state index is 0.491. The van der Waals surface area contributed by atoms with E-state index in [-0.39, 0.29) is 0 Å².